The van der Waals surface area contributed by atoms with Crippen molar-refractivity contribution in [3.8, 4) is 0 Å². The summed E-state index contributed by atoms with van der Waals surface area (Å²) >= 11 is 0. The lowest BCUT2D eigenvalue weighted by atomic mass is 10.4. The van der Waals surface area contributed by atoms with Crippen LogP contribution in [-0.4, -0.2) is 19.2 Å². The van der Waals surface area contributed by atoms with Gasteiger partial charge >= 0.3 is 0 Å². The van der Waals surface area contributed by atoms with Crippen molar-refractivity contribution in [3.05, 3.63) is 48.7 Å². The number of nitrogens with one attached hydrogen (secondary N) is 1. The van der Waals surface area contributed by atoms with Crippen molar-refractivity contribution in [1.82, 2.24) is 19.2 Å². The number of rotatable bonds is 3. The minimum absolute atomic E-state index is 0.702. The maximum atomic E-state index is 4.51. The number of pyridine rings is 1. The van der Waals surface area contributed by atoms with E-state index in [1.165, 1.54) is 0 Å². The first kappa shape index (κ1) is 9.89. The Morgan fingerprint density at radius 3 is 3.00 bits per heavy atom. The molecule has 0 atom stereocenters. The molecule has 0 bridgehead atoms. The van der Waals surface area contributed by atoms with Gasteiger partial charge in [-0.3, -0.25) is 4.68 Å². The van der Waals surface area contributed by atoms with Crippen LogP contribution in [-0.2, 0) is 13.6 Å². The van der Waals surface area contributed by atoms with E-state index < -0.39 is 0 Å². The lowest BCUT2D eigenvalue weighted by molar-refractivity contribution is 0.768. The molecule has 1 N–H and O–H groups in total. The molecule has 3 rings (SSSR count). The van der Waals surface area contributed by atoms with E-state index in [1.807, 2.05) is 48.2 Å². The van der Waals surface area contributed by atoms with Crippen LogP contribution < -0.4 is 5.32 Å². The molecule has 0 aromatic carbocycles. The van der Waals surface area contributed by atoms with Gasteiger partial charge in [0.2, 0.25) is 0 Å². The second-order valence-electron chi connectivity index (χ2n) is 3.95. The maximum absolute atomic E-state index is 4.51. The average Bonchev–Trinajstić information content (AvgIpc) is 2.91. The van der Waals surface area contributed by atoms with Crippen molar-refractivity contribution in [1.29, 1.82) is 0 Å². The lowest BCUT2D eigenvalue weighted by Gasteiger charge is -1.98. The molecule has 3 aromatic rings. The van der Waals surface area contributed by atoms with Crippen molar-refractivity contribution in [2.24, 2.45) is 7.05 Å². The Hall–Kier alpha value is -2.30. The third kappa shape index (κ3) is 1.99. The van der Waals surface area contributed by atoms with E-state index in [-0.39, 0.29) is 0 Å². The standard InChI is InChI=1S/C12H13N5/c1-16-8-10(7-14-16)13-6-11-9-17-5-3-2-4-12(17)15-11/h2-5,7-9,13H,6H2,1H3. The summed E-state index contributed by atoms with van der Waals surface area (Å²) in [5, 5.41) is 7.38. The number of nitrogens with zero attached hydrogens (tertiary/aromatic N) is 4. The molecule has 0 saturated heterocycles. The quantitative estimate of drug-likeness (QED) is 0.740. The molecular formula is C12H13N5. The van der Waals surface area contributed by atoms with E-state index in [0.29, 0.717) is 6.54 Å². The molecule has 5 nitrogen and oxygen atoms in total. The first-order valence-corrected chi connectivity index (χ1v) is 5.46. The van der Waals surface area contributed by atoms with Gasteiger partial charge in [-0.1, -0.05) is 6.07 Å². The third-order valence-corrected chi connectivity index (χ3v) is 2.59. The van der Waals surface area contributed by atoms with E-state index in [0.717, 1.165) is 17.0 Å². The average molecular weight is 227 g/mol. The summed E-state index contributed by atoms with van der Waals surface area (Å²) in [6.45, 7) is 0.702. The SMILES string of the molecule is Cn1cc(NCc2cn3ccccc3n2)cn1. The number of aromatic nitrogens is 4. The van der Waals surface area contributed by atoms with Crippen molar-refractivity contribution < 1.29 is 0 Å². The van der Waals surface area contributed by atoms with Crippen LogP contribution in [0.3, 0.4) is 0 Å². The molecule has 0 aliphatic carbocycles. The summed E-state index contributed by atoms with van der Waals surface area (Å²) in [4.78, 5) is 4.51. The molecule has 0 fully saturated rings. The van der Waals surface area contributed by atoms with Gasteiger partial charge in [0.15, 0.2) is 0 Å². The first-order valence-electron chi connectivity index (χ1n) is 5.46. The fourth-order valence-corrected chi connectivity index (χ4v) is 1.78. The van der Waals surface area contributed by atoms with Crippen LogP contribution in [0.4, 0.5) is 5.69 Å². The lowest BCUT2D eigenvalue weighted by Crippen LogP contribution is -1.98. The molecule has 0 aliphatic heterocycles. The van der Waals surface area contributed by atoms with Gasteiger partial charge in [0.05, 0.1) is 24.1 Å². The Labute approximate surface area is 98.7 Å². The Morgan fingerprint density at radius 1 is 1.29 bits per heavy atom. The number of aryl methyl sites for hydroxylation is 1. The van der Waals surface area contributed by atoms with Gasteiger partial charge < -0.3 is 9.72 Å². The smallest absolute Gasteiger partial charge is 0.137 e. The van der Waals surface area contributed by atoms with Crippen molar-refractivity contribution in [2.75, 3.05) is 5.32 Å². The Bertz CT molecular complexity index is 604. The van der Waals surface area contributed by atoms with Gasteiger partial charge in [0.25, 0.3) is 0 Å². The monoisotopic (exact) mass is 227 g/mol. The minimum atomic E-state index is 0.702. The van der Waals surface area contributed by atoms with E-state index >= 15 is 0 Å². The van der Waals surface area contributed by atoms with Crippen LogP contribution in [0.2, 0.25) is 0 Å². The van der Waals surface area contributed by atoms with E-state index in [1.54, 1.807) is 10.9 Å². The van der Waals surface area contributed by atoms with Gasteiger partial charge in [-0.2, -0.15) is 5.10 Å². The van der Waals surface area contributed by atoms with Crippen LogP contribution in [0.1, 0.15) is 5.69 Å². The van der Waals surface area contributed by atoms with Crippen LogP contribution in [0.25, 0.3) is 5.65 Å². The van der Waals surface area contributed by atoms with Crippen molar-refractivity contribution in [2.45, 2.75) is 6.54 Å². The summed E-state index contributed by atoms with van der Waals surface area (Å²) in [7, 11) is 1.90. The fourth-order valence-electron chi connectivity index (χ4n) is 1.78. The molecule has 3 aromatic heterocycles. The molecule has 0 saturated carbocycles. The van der Waals surface area contributed by atoms with E-state index in [2.05, 4.69) is 15.4 Å². The predicted octanol–water partition coefficient (Wildman–Crippen LogP) is 1.68. The topological polar surface area (TPSA) is 47.2 Å². The predicted molar refractivity (Wildman–Crippen MR) is 65.7 cm³/mol. The molecule has 3 heterocycles. The summed E-state index contributed by atoms with van der Waals surface area (Å²) in [5.41, 5.74) is 2.99. The number of anilines is 1. The molecule has 17 heavy (non-hydrogen) atoms. The van der Waals surface area contributed by atoms with Gasteiger partial charge in [-0.25, -0.2) is 4.98 Å². The van der Waals surface area contributed by atoms with Gasteiger partial charge in [0, 0.05) is 25.6 Å². The van der Waals surface area contributed by atoms with Crippen molar-refractivity contribution in [3.63, 3.8) is 0 Å². The normalized spacial score (nSPS) is 10.9. The van der Waals surface area contributed by atoms with Gasteiger partial charge in [0.1, 0.15) is 5.65 Å². The Kier molecular flexibility index (Phi) is 2.29. The highest BCUT2D eigenvalue weighted by Gasteiger charge is 2.01. The summed E-state index contributed by atoms with van der Waals surface area (Å²) in [6.07, 6.45) is 7.76. The largest absolute Gasteiger partial charge is 0.377 e. The summed E-state index contributed by atoms with van der Waals surface area (Å²) in [5.74, 6) is 0. The van der Waals surface area contributed by atoms with Crippen LogP contribution in [0.5, 0.6) is 0 Å². The zero-order chi connectivity index (χ0) is 11.7. The molecule has 0 spiro atoms. The van der Waals surface area contributed by atoms with Gasteiger partial charge in [-0.05, 0) is 12.1 Å². The highest BCUT2D eigenvalue weighted by molar-refractivity contribution is 5.42. The Morgan fingerprint density at radius 2 is 2.24 bits per heavy atom. The Balaban J connectivity index is 1.76. The zero-order valence-electron chi connectivity index (χ0n) is 9.54. The maximum Gasteiger partial charge on any atom is 0.137 e. The molecule has 0 aliphatic rings. The van der Waals surface area contributed by atoms with Gasteiger partial charge in [-0.15, -0.1) is 0 Å². The number of hydrogen-bond acceptors (Lipinski definition) is 3. The summed E-state index contributed by atoms with van der Waals surface area (Å²) in [6, 6.07) is 5.97. The fraction of sp³-hybridized carbons (Fsp3) is 0.167. The third-order valence-electron chi connectivity index (χ3n) is 2.59. The van der Waals surface area contributed by atoms with Crippen LogP contribution >= 0.6 is 0 Å². The minimum Gasteiger partial charge on any atom is -0.377 e. The molecule has 86 valence electrons. The van der Waals surface area contributed by atoms with Crippen LogP contribution in [0, 0.1) is 0 Å². The molecule has 5 heteroatoms. The van der Waals surface area contributed by atoms with Crippen molar-refractivity contribution >= 4 is 11.3 Å². The first-order chi connectivity index (χ1) is 8.31. The highest BCUT2D eigenvalue weighted by atomic mass is 15.3. The molecule has 0 amide bonds. The molecule has 0 unspecified atom stereocenters. The number of hydrogen-bond donors (Lipinski definition) is 1. The molecule has 0 radical (unpaired) electrons. The summed E-state index contributed by atoms with van der Waals surface area (Å²) < 4.78 is 3.78. The number of imidazole rings is 1. The van der Waals surface area contributed by atoms with Crippen LogP contribution in [0.15, 0.2) is 43.0 Å². The molecular weight excluding hydrogens is 214 g/mol. The second-order valence-corrected chi connectivity index (χ2v) is 3.95. The van der Waals surface area contributed by atoms with E-state index in [4.69, 9.17) is 0 Å². The second kappa shape index (κ2) is 3.93. The van der Waals surface area contributed by atoms with E-state index in [9.17, 15) is 0 Å². The zero-order valence-corrected chi connectivity index (χ0v) is 9.54. The number of fused-ring (bicyclic) bond motifs is 1. The highest BCUT2D eigenvalue weighted by Crippen LogP contribution is 2.08.